The summed E-state index contributed by atoms with van der Waals surface area (Å²) >= 11 is 5.27. The summed E-state index contributed by atoms with van der Waals surface area (Å²) in [5, 5.41) is 0. The number of hydrogen-bond acceptors (Lipinski definition) is 1. The molecule has 1 rings (SSSR count). The molecule has 2 heteroatoms. The molecule has 0 spiro atoms. The highest BCUT2D eigenvalue weighted by molar-refractivity contribution is 6.09. The first-order valence-corrected chi connectivity index (χ1v) is 4.06. The van der Waals surface area contributed by atoms with Gasteiger partial charge in [-0.3, -0.25) is 0 Å². The summed E-state index contributed by atoms with van der Waals surface area (Å²) in [7, 11) is 0. The lowest BCUT2D eigenvalue weighted by Crippen LogP contribution is -1.86. The van der Waals surface area contributed by atoms with Crippen LogP contribution in [0.5, 0.6) is 5.75 Å². The number of para-hydroxylation sites is 1. The molecule has 11 heavy (non-hydrogen) atoms. The topological polar surface area (TPSA) is 9.23 Å². The van der Waals surface area contributed by atoms with Crippen molar-refractivity contribution in [2.24, 2.45) is 0 Å². The van der Waals surface area contributed by atoms with Crippen LogP contribution in [0.25, 0.3) is 0 Å². The van der Waals surface area contributed by atoms with E-state index in [4.69, 9.17) is 11.9 Å². The molecule has 0 aliphatic rings. The first-order chi connectivity index (χ1) is 5.38. The van der Waals surface area contributed by atoms with Gasteiger partial charge in [0.1, 0.15) is 17.6 Å². The molecule has 0 atom stereocenters. The molecule has 0 N–H and O–H groups in total. The van der Waals surface area contributed by atoms with Gasteiger partial charge in [-0.05, 0) is 18.1 Å². The van der Waals surface area contributed by atoms with Crippen LogP contribution in [0.2, 0.25) is 0 Å². The van der Waals surface area contributed by atoms with Gasteiger partial charge in [0.15, 0.2) is 0 Å². The van der Waals surface area contributed by atoms with Crippen molar-refractivity contribution in [3.63, 3.8) is 0 Å². The Kier molecular flexibility index (Phi) is 3.24. The Morgan fingerprint density at radius 3 is 2.73 bits per heavy atom. The van der Waals surface area contributed by atoms with Crippen molar-refractivity contribution >= 4 is 11.9 Å². The lowest BCUT2D eigenvalue weighted by atomic mass is 10.1. The molecule has 1 aromatic carbocycles. The summed E-state index contributed by atoms with van der Waals surface area (Å²) in [5.41, 5.74) is 1.17. The van der Waals surface area contributed by atoms with Crippen LogP contribution < -0.4 is 4.29 Å². The van der Waals surface area contributed by atoms with Crippen LogP contribution in [0.15, 0.2) is 24.3 Å². The van der Waals surface area contributed by atoms with E-state index in [0.717, 1.165) is 18.6 Å². The molecule has 0 fully saturated rings. The van der Waals surface area contributed by atoms with Crippen molar-refractivity contribution in [3.8, 4) is 5.75 Å². The molecular weight excluding hydrogens is 160 g/mol. The van der Waals surface area contributed by atoms with E-state index in [2.05, 4.69) is 11.2 Å². The van der Waals surface area contributed by atoms with Gasteiger partial charge in [-0.1, -0.05) is 31.5 Å². The maximum Gasteiger partial charge on any atom is 0.149 e. The number of rotatable bonds is 3. The number of benzene rings is 1. The van der Waals surface area contributed by atoms with Crippen LogP contribution in [0.3, 0.4) is 0 Å². The Bertz CT molecular complexity index is 223. The SMILES string of the molecule is CCCc1ccccc1OCl. The zero-order valence-electron chi connectivity index (χ0n) is 6.51. The molecule has 0 saturated heterocycles. The van der Waals surface area contributed by atoms with E-state index in [0.29, 0.717) is 0 Å². The standard InChI is InChI=1S/C9H11ClO/c1-2-5-8-6-3-4-7-9(8)11-10/h3-4,6-7H,2,5H2,1H3. The second kappa shape index (κ2) is 4.24. The minimum absolute atomic E-state index is 0.774. The predicted octanol–water partition coefficient (Wildman–Crippen LogP) is 3.17. The molecule has 60 valence electrons. The van der Waals surface area contributed by atoms with Crippen molar-refractivity contribution in [1.82, 2.24) is 0 Å². The highest BCUT2D eigenvalue weighted by Gasteiger charge is 1.99. The van der Waals surface area contributed by atoms with Crippen molar-refractivity contribution < 1.29 is 4.29 Å². The highest BCUT2D eigenvalue weighted by Crippen LogP contribution is 2.20. The molecule has 0 aromatic heterocycles. The summed E-state index contributed by atoms with van der Waals surface area (Å²) in [4.78, 5) is 0. The van der Waals surface area contributed by atoms with Gasteiger partial charge >= 0.3 is 0 Å². The van der Waals surface area contributed by atoms with Crippen LogP contribution in [0, 0.1) is 0 Å². The summed E-state index contributed by atoms with van der Waals surface area (Å²) in [5.74, 6) is 0.774. The number of aryl methyl sites for hydroxylation is 1. The second-order valence-corrected chi connectivity index (χ2v) is 2.59. The Labute approximate surface area is 72.1 Å². The zero-order chi connectivity index (χ0) is 8.10. The van der Waals surface area contributed by atoms with Gasteiger partial charge in [-0.2, -0.15) is 0 Å². The normalized spacial score (nSPS) is 9.64. The largest absolute Gasteiger partial charge is 0.385 e. The fourth-order valence-electron chi connectivity index (χ4n) is 1.05. The van der Waals surface area contributed by atoms with Crippen LogP contribution in [-0.4, -0.2) is 0 Å². The lowest BCUT2D eigenvalue weighted by molar-refractivity contribution is 0.606. The quantitative estimate of drug-likeness (QED) is 0.677. The molecule has 1 aromatic rings. The third-order valence-electron chi connectivity index (χ3n) is 1.58. The average molecular weight is 171 g/mol. The molecule has 0 radical (unpaired) electrons. The average Bonchev–Trinajstić information content (AvgIpc) is 2.06. The van der Waals surface area contributed by atoms with Crippen LogP contribution in [0.1, 0.15) is 18.9 Å². The van der Waals surface area contributed by atoms with E-state index >= 15 is 0 Å². The van der Waals surface area contributed by atoms with Gasteiger partial charge in [0.05, 0.1) is 0 Å². The monoisotopic (exact) mass is 170 g/mol. The van der Waals surface area contributed by atoms with Gasteiger partial charge < -0.3 is 4.29 Å². The van der Waals surface area contributed by atoms with Crippen LogP contribution in [0.4, 0.5) is 0 Å². The molecule has 1 nitrogen and oxygen atoms in total. The van der Waals surface area contributed by atoms with Crippen molar-refractivity contribution in [1.29, 1.82) is 0 Å². The Balaban J connectivity index is 2.83. The molecule has 0 unspecified atom stereocenters. The Morgan fingerprint density at radius 2 is 2.09 bits per heavy atom. The summed E-state index contributed by atoms with van der Waals surface area (Å²) in [6.45, 7) is 2.13. The van der Waals surface area contributed by atoms with Crippen molar-refractivity contribution in [2.45, 2.75) is 19.8 Å². The van der Waals surface area contributed by atoms with E-state index in [-0.39, 0.29) is 0 Å². The number of halogens is 1. The van der Waals surface area contributed by atoms with Gasteiger partial charge in [0.25, 0.3) is 0 Å². The fourth-order valence-corrected chi connectivity index (χ4v) is 1.21. The number of hydrogen-bond donors (Lipinski definition) is 0. The van der Waals surface area contributed by atoms with E-state index in [9.17, 15) is 0 Å². The summed E-state index contributed by atoms with van der Waals surface area (Å²) in [6.07, 6.45) is 2.13. The van der Waals surface area contributed by atoms with Gasteiger partial charge in [0, 0.05) is 0 Å². The lowest BCUT2D eigenvalue weighted by Gasteiger charge is -2.02. The van der Waals surface area contributed by atoms with Crippen LogP contribution >= 0.6 is 11.9 Å². The zero-order valence-corrected chi connectivity index (χ0v) is 7.27. The first-order valence-electron chi connectivity index (χ1n) is 3.75. The summed E-state index contributed by atoms with van der Waals surface area (Å²) < 4.78 is 4.67. The van der Waals surface area contributed by atoms with E-state index < -0.39 is 0 Å². The van der Waals surface area contributed by atoms with E-state index in [1.54, 1.807) is 0 Å². The molecular formula is C9H11ClO. The van der Waals surface area contributed by atoms with Crippen molar-refractivity contribution in [2.75, 3.05) is 0 Å². The molecule has 0 amide bonds. The third kappa shape index (κ3) is 2.12. The summed E-state index contributed by atoms with van der Waals surface area (Å²) in [6, 6.07) is 7.81. The van der Waals surface area contributed by atoms with Crippen LogP contribution in [-0.2, 0) is 6.42 Å². The smallest absolute Gasteiger partial charge is 0.149 e. The molecule has 0 bridgehead atoms. The molecule has 0 heterocycles. The van der Waals surface area contributed by atoms with Crippen molar-refractivity contribution in [3.05, 3.63) is 29.8 Å². The minimum atomic E-state index is 0.774. The highest BCUT2D eigenvalue weighted by atomic mass is 35.5. The van der Waals surface area contributed by atoms with E-state index in [1.807, 2.05) is 24.3 Å². The third-order valence-corrected chi connectivity index (χ3v) is 1.74. The van der Waals surface area contributed by atoms with Gasteiger partial charge in [-0.15, -0.1) is 0 Å². The Morgan fingerprint density at radius 1 is 1.36 bits per heavy atom. The maximum absolute atomic E-state index is 5.27. The molecule has 0 aliphatic heterocycles. The predicted molar refractivity (Wildman–Crippen MR) is 46.9 cm³/mol. The fraction of sp³-hybridized carbons (Fsp3) is 0.333. The Hall–Kier alpha value is -0.690. The minimum Gasteiger partial charge on any atom is -0.385 e. The second-order valence-electron chi connectivity index (χ2n) is 2.43. The molecule has 0 saturated carbocycles. The van der Waals surface area contributed by atoms with Gasteiger partial charge in [-0.25, -0.2) is 0 Å². The maximum atomic E-state index is 5.27. The van der Waals surface area contributed by atoms with Gasteiger partial charge in [0.2, 0.25) is 0 Å². The van der Waals surface area contributed by atoms with E-state index in [1.165, 1.54) is 5.56 Å². The molecule has 0 aliphatic carbocycles. The first kappa shape index (κ1) is 8.41.